The van der Waals surface area contributed by atoms with E-state index in [0.29, 0.717) is 25.7 Å². The number of allylic oxidation sites excluding steroid dienone is 2. The molecule has 0 aromatic heterocycles. The standard InChI is InChI=1S/C15H26O3SSi/c1-5-16-20(17-6-2,18-7-3)14-11-15(12(4)19)9-8-13(14)10-15/h11,13H,5-10H2,1-4H3. The zero-order valence-corrected chi connectivity index (χ0v) is 14.8. The third-order valence-corrected chi connectivity index (χ3v) is 8.15. The highest BCUT2D eigenvalue weighted by molar-refractivity contribution is 7.80. The molecule has 1 fully saturated rings. The minimum Gasteiger partial charge on any atom is -0.370 e. The molecule has 1 saturated carbocycles. The van der Waals surface area contributed by atoms with Crippen LogP contribution in [-0.4, -0.2) is 33.5 Å². The Bertz CT molecular complexity index is 393. The van der Waals surface area contributed by atoms with Gasteiger partial charge in [0, 0.05) is 30.4 Å². The second-order valence-corrected chi connectivity index (χ2v) is 8.78. The predicted octanol–water partition coefficient (Wildman–Crippen LogP) is 3.69. The van der Waals surface area contributed by atoms with E-state index in [4.69, 9.17) is 25.5 Å². The van der Waals surface area contributed by atoms with Gasteiger partial charge in [-0.25, -0.2) is 0 Å². The van der Waals surface area contributed by atoms with Crippen LogP contribution < -0.4 is 0 Å². The van der Waals surface area contributed by atoms with Crippen molar-refractivity contribution in [3.05, 3.63) is 11.3 Å². The maximum atomic E-state index is 6.05. The third kappa shape index (κ3) is 2.66. The van der Waals surface area contributed by atoms with E-state index in [1.807, 2.05) is 20.8 Å². The number of thiocarbonyl (C=S) groups is 1. The highest BCUT2D eigenvalue weighted by atomic mass is 32.1. The first-order chi connectivity index (χ1) is 9.53. The Morgan fingerprint density at radius 3 is 2.20 bits per heavy atom. The van der Waals surface area contributed by atoms with Crippen molar-refractivity contribution in [1.29, 1.82) is 0 Å². The Kier molecular flexibility index (Phi) is 5.18. The molecule has 2 atom stereocenters. The molecule has 0 amide bonds. The Labute approximate surface area is 129 Å². The topological polar surface area (TPSA) is 27.7 Å². The van der Waals surface area contributed by atoms with Crippen LogP contribution in [0.1, 0.15) is 47.0 Å². The van der Waals surface area contributed by atoms with Gasteiger partial charge in [0.1, 0.15) is 0 Å². The molecular formula is C15H26O3SSi. The Morgan fingerprint density at radius 1 is 1.25 bits per heavy atom. The van der Waals surface area contributed by atoms with Gasteiger partial charge in [0.2, 0.25) is 0 Å². The summed E-state index contributed by atoms with van der Waals surface area (Å²) in [5.41, 5.74) is 0.0961. The molecule has 0 spiro atoms. The summed E-state index contributed by atoms with van der Waals surface area (Å²) in [6.45, 7) is 9.97. The normalized spacial score (nSPS) is 28.8. The van der Waals surface area contributed by atoms with E-state index in [-0.39, 0.29) is 5.41 Å². The Morgan fingerprint density at radius 2 is 1.80 bits per heavy atom. The van der Waals surface area contributed by atoms with E-state index in [2.05, 4.69) is 13.0 Å². The molecule has 0 saturated heterocycles. The molecule has 2 rings (SSSR count). The van der Waals surface area contributed by atoms with Gasteiger partial charge in [-0.3, -0.25) is 0 Å². The molecule has 0 radical (unpaired) electrons. The number of hydrogen-bond donors (Lipinski definition) is 0. The number of fused-ring (bicyclic) bond motifs is 2. The van der Waals surface area contributed by atoms with Crippen LogP contribution >= 0.6 is 12.2 Å². The first-order valence-electron chi connectivity index (χ1n) is 7.69. The molecular weight excluding hydrogens is 288 g/mol. The molecule has 5 heteroatoms. The second-order valence-electron chi connectivity index (χ2n) is 5.61. The minimum atomic E-state index is -2.71. The Hall–Kier alpha value is -0.0731. The molecule has 0 N–H and O–H groups in total. The van der Waals surface area contributed by atoms with Crippen molar-refractivity contribution in [1.82, 2.24) is 0 Å². The lowest BCUT2D eigenvalue weighted by molar-refractivity contribution is 0.0780. The molecule has 114 valence electrons. The van der Waals surface area contributed by atoms with Crippen molar-refractivity contribution in [3.63, 3.8) is 0 Å². The average molecular weight is 315 g/mol. The van der Waals surface area contributed by atoms with E-state index < -0.39 is 8.80 Å². The smallest absolute Gasteiger partial charge is 0.370 e. The van der Waals surface area contributed by atoms with E-state index in [1.165, 1.54) is 18.0 Å². The highest BCUT2D eigenvalue weighted by Gasteiger charge is 2.57. The maximum absolute atomic E-state index is 6.05. The predicted molar refractivity (Wildman–Crippen MR) is 86.8 cm³/mol. The molecule has 2 bridgehead atoms. The fourth-order valence-corrected chi connectivity index (χ4v) is 6.93. The van der Waals surface area contributed by atoms with Crippen LogP contribution in [0.3, 0.4) is 0 Å². The molecule has 0 heterocycles. The van der Waals surface area contributed by atoms with Crippen LogP contribution in [0, 0.1) is 11.3 Å². The lowest BCUT2D eigenvalue weighted by atomic mass is 9.85. The van der Waals surface area contributed by atoms with Crippen LogP contribution in [0.15, 0.2) is 11.3 Å². The highest BCUT2D eigenvalue weighted by Crippen LogP contribution is 2.56. The average Bonchev–Trinajstić information content (AvgIpc) is 2.99. The van der Waals surface area contributed by atoms with Gasteiger partial charge in [-0.15, -0.1) is 0 Å². The molecule has 3 nitrogen and oxygen atoms in total. The number of hydrogen-bond acceptors (Lipinski definition) is 4. The summed E-state index contributed by atoms with van der Waals surface area (Å²) in [4.78, 5) is 1.10. The molecule has 0 aromatic carbocycles. The monoisotopic (exact) mass is 314 g/mol. The third-order valence-electron chi connectivity index (χ3n) is 4.48. The lowest BCUT2D eigenvalue weighted by Crippen LogP contribution is -2.50. The van der Waals surface area contributed by atoms with Gasteiger partial charge in [0.05, 0.1) is 0 Å². The maximum Gasteiger partial charge on any atom is 0.532 e. The van der Waals surface area contributed by atoms with Crippen molar-refractivity contribution < 1.29 is 13.3 Å². The summed E-state index contributed by atoms with van der Waals surface area (Å²) in [6.07, 6.45) is 5.82. The van der Waals surface area contributed by atoms with Gasteiger partial charge in [0.25, 0.3) is 0 Å². The first kappa shape index (κ1) is 16.3. The molecule has 2 aliphatic carbocycles. The first-order valence-corrected chi connectivity index (χ1v) is 9.83. The van der Waals surface area contributed by atoms with Crippen molar-refractivity contribution >= 4 is 25.9 Å². The minimum absolute atomic E-state index is 0.0961. The molecule has 20 heavy (non-hydrogen) atoms. The summed E-state index contributed by atoms with van der Waals surface area (Å²) < 4.78 is 18.2. The van der Waals surface area contributed by atoms with E-state index >= 15 is 0 Å². The lowest BCUT2D eigenvalue weighted by Gasteiger charge is -2.33. The molecule has 0 aromatic rings. The van der Waals surface area contributed by atoms with E-state index in [0.717, 1.165) is 11.3 Å². The Balaban J connectivity index is 2.36. The van der Waals surface area contributed by atoms with Gasteiger partial charge in [-0.05, 0) is 57.7 Å². The van der Waals surface area contributed by atoms with Gasteiger partial charge < -0.3 is 13.3 Å². The molecule has 2 unspecified atom stereocenters. The van der Waals surface area contributed by atoms with Crippen molar-refractivity contribution in [2.75, 3.05) is 19.8 Å². The molecule has 2 aliphatic rings. The number of rotatable bonds is 8. The van der Waals surface area contributed by atoms with Crippen molar-refractivity contribution in [3.8, 4) is 0 Å². The SMILES string of the molecule is CCO[Si](OCC)(OCC)C1=CC2(C(C)=S)CCC1C2. The van der Waals surface area contributed by atoms with Crippen molar-refractivity contribution in [2.45, 2.75) is 47.0 Å². The summed E-state index contributed by atoms with van der Waals surface area (Å²) >= 11 is 5.51. The van der Waals surface area contributed by atoms with Gasteiger partial charge in [0.15, 0.2) is 0 Å². The van der Waals surface area contributed by atoms with Crippen LogP contribution in [0.2, 0.25) is 0 Å². The van der Waals surface area contributed by atoms with Crippen LogP contribution in [0.4, 0.5) is 0 Å². The largest absolute Gasteiger partial charge is 0.532 e. The van der Waals surface area contributed by atoms with E-state index in [9.17, 15) is 0 Å². The van der Waals surface area contributed by atoms with Gasteiger partial charge in [-0.2, -0.15) is 0 Å². The zero-order valence-electron chi connectivity index (χ0n) is 13.0. The summed E-state index contributed by atoms with van der Waals surface area (Å²) in [5, 5.41) is 1.29. The van der Waals surface area contributed by atoms with Gasteiger partial charge in [-0.1, -0.05) is 18.3 Å². The fourth-order valence-electron chi connectivity index (χ4n) is 3.59. The van der Waals surface area contributed by atoms with Crippen LogP contribution in [-0.2, 0) is 13.3 Å². The van der Waals surface area contributed by atoms with E-state index in [1.54, 1.807) is 0 Å². The summed E-state index contributed by atoms with van der Waals surface area (Å²) in [6, 6.07) is 0. The molecule has 0 aliphatic heterocycles. The van der Waals surface area contributed by atoms with Crippen LogP contribution in [0.5, 0.6) is 0 Å². The van der Waals surface area contributed by atoms with Crippen molar-refractivity contribution in [2.24, 2.45) is 11.3 Å². The second kappa shape index (κ2) is 6.36. The quantitative estimate of drug-likeness (QED) is 0.504. The van der Waals surface area contributed by atoms with Crippen LogP contribution in [0.25, 0.3) is 0 Å². The van der Waals surface area contributed by atoms with Gasteiger partial charge >= 0.3 is 8.80 Å². The summed E-state index contributed by atoms with van der Waals surface area (Å²) in [7, 11) is -2.71. The fraction of sp³-hybridized carbons (Fsp3) is 0.800. The summed E-state index contributed by atoms with van der Waals surface area (Å²) in [5.74, 6) is 0.532. The zero-order chi connectivity index (χ0) is 14.8.